The highest BCUT2D eigenvalue weighted by atomic mass is 16.4. The number of imidazole rings is 1. The normalized spacial score (nSPS) is 13.0. The van der Waals surface area contributed by atoms with Gasteiger partial charge < -0.3 is 14.8 Å². The second kappa shape index (κ2) is 7.62. The third-order valence-corrected chi connectivity index (χ3v) is 4.11. The first-order chi connectivity index (χ1) is 11.3. The predicted octanol–water partition coefficient (Wildman–Crippen LogP) is 3.26. The minimum Gasteiger partial charge on any atom is -0.478 e. The monoisotopic (exact) mass is 330 g/mol. The van der Waals surface area contributed by atoms with Crippen LogP contribution in [-0.4, -0.2) is 31.8 Å². The van der Waals surface area contributed by atoms with Crippen molar-refractivity contribution in [1.82, 2.24) is 9.55 Å². The highest BCUT2D eigenvalue weighted by molar-refractivity contribution is 5.90. The minimum absolute atomic E-state index is 0.218. The second-order valence-electron chi connectivity index (χ2n) is 7.24. The van der Waals surface area contributed by atoms with Crippen LogP contribution < -0.4 is 0 Å². The molecule has 0 saturated heterocycles. The van der Waals surface area contributed by atoms with E-state index in [0.717, 1.165) is 24.0 Å². The maximum atomic E-state index is 11.4. The lowest BCUT2D eigenvalue weighted by Crippen LogP contribution is -2.17. The Morgan fingerprint density at radius 3 is 2.67 bits per heavy atom. The predicted molar refractivity (Wildman–Crippen MR) is 93.3 cm³/mol. The number of aliphatic hydroxyl groups is 1. The summed E-state index contributed by atoms with van der Waals surface area (Å²) in [7, 11) is 0. The van der Waals surface area contributed by atoms with Crippen LogP contribution in [0.15, 0.2) is 36.9 Å². The molecule has 0 aliphatic rings. The summed E-state index contributed by atoms with van der Waals surface area (Å²) in [4.78, 5) is 15.4. The summed E-state index contributed by atoms with van der Waals surface area (Å²) in [6, 6.07) is 5.56. The van der Waals surface area contributed by atoms with Crippen LogP contribution in [0.25, 0.3) is 0 Å². The molecule has 0 bridgehead atoms. The van der Waals surface area contributed by atoms with Crippen molar-refractivity contribution in [2.24, 2.45) is 0 Å². The number of rotatable bonds is 7. The van der Waals surface area contributed by atoms with Crippen LogP contribution in [0, 0.1) is 0 Å². The van der Waals surface area contributed by atoms with E-state index < -0.39 is 12.1 Å². The zero-order chi connectivity index (χ0) is 17.7. The number of carbonyl (C=O) groups is 1. The van der Waals surface area contributed by atoms with Crippen LogP contribution in [0.3, 0.4) is 0 Å². The van der Waals surface area contributed by atoms with Gasteiger partial charge in [-0.15, -0.1) is 0 Å². The Morgan fingerprint density at radius 1 is 1.33 bits per heavy atom. The van der Waals surface area contributed by atoms with E-state index in [-0.39, 0.29) is 5.41 Å². The largest absolute Gasteiger partial charge is 0.478 e. The molecule has 5 heteroatoms. The number of benzene rings is 1. The second-order valence-corrected chi connectivity index (χ2v) is 7.24. The van der Waals surface area contributed by atoms with Crippen molar-refractivity contribution in [3.05, 3.63) is 53.6 Å². The first kappa shape index (κ1) is 18.2. The fraction of sp³-hybridized carbons (Fsp3) is 0.474. The molecular formula is C19H26N2O3. The Balaban J connectivity index is 1.96. The summed E-state index contributed by atoms with van der Waals surface area (Å²) >= 11 is 0. The molecule has 0 spiro atoms. The number of hydrogen-bond acceptors (Lipinski definition) is 3. The Labute approximate surface area is 143 Å². The van der Waals surface area contributed by atoms with Crippen molar-refractivity contribution in [2.45, 2.75) is 58.1 Å². The summed E-state index contributed by atoms with van der Waals surface area (Å²) in [5, 5.41) is 19.4. The van der Waals surface area contributed by atoms with Gasteiger partial charge in [-0.2, -0.15) is 0 Å². The smallest absolute Gasteiger partial charge is 0.335 e. The zero-order valence-electron chi connectivity index (χ0n) is 14.6. The minimum atomic E-state index is -0.887. The van der Waals surface area contributed by atoms with Crippen LogP contribution in [0.5, 0.6) is 0 Å². The van der Waals surface area contributed by atoms with Gasteiger partial charge in [0, 0.05) is 18.9 Å². The SMILES string of the molecule is CC(C)(C)c1cc(CCCC(O)Cn2ccnc2)ccc1C(=O)O. The van der Waals surface area contributed by atoms with Gasteiger partial charge in [0.1, 0.15) is 0 Å². The Kier molecular flexibility index (Phi) is 5.78. The fourth-order valence-corrected chi connectivity index (χ4v) is 2.83. The van der Waals surface area contributed by atoms with Crippen LogP contribution in [0.4, 0.5) is 0 Å². The molecular weight excluding hydrogens is 304 g/mol. The first-order valence-corrected chi connectivity index (χ1v) is 8.28. The molecule has 0 amide bonds. The summed E-state index contributed by atoms with van der Waals surface area (Å²) in [5.74, 6) is -0.887. The summed E-state index contributed by atoms with van der Waals surface area (Å²) < 4.78 is 1.87. The van der Waals surface area contributed by atoms with Gasteiger partial charge in [0.05, 0.1) is 18.0 Å². The number of aromatic nitrogens is 2. The van der Waals surface area contributed by atoms with Crippen LogP contribution in [0.1, 0.15) is 55.1 Å². The number of aryl methyl sites for hydroxylation is 1. The molecule has 0 aliphatic carbocycles. The summed E-state index contributed by atoms with van der Waals surface area (Å²) in [6.45, 7) is 6.61. The van der Waals surface area contributed by atoms with E-state index in [0.29, 0.717) is 18.5 Å². The van der Waals surface area contributed by atoms with Crippen molar-refractivity contribution in [3.63, 3.8) is 0 Å². The molecule has 0 radical (unpaired) electrons. The lowest BCUT2D eigenvalue weighted by atomic mass is 9.82. The van der Waals surface area contributed by atoms with Gasteiger partial charge in [-0.05, 0) is 41.9 Å². The van der Waals surface area contributed by atoms with Crippen molar-refractivity contribution < 1.29 is 15.0 Å². The van der Waals surface area contributed by atoms with Gasteiger partial charge in [-0.3, -0.25) is 0 Å². The van der Waals surface area contributed by atoms with Gasteiger partial charge in [0.2, 0.25) is 0 Å². The molecule has 1 aromatic heterocycles. The van der Waals surface area contributed by atoms with Crippen molar-refractivity contribution in [3.8, 4) is 0 Å². The lowest BCUT2D eigenvalue weighted by molar-refractivity contribution is 0.0694. The molecule has 0 aliphatic heterocycles. The van der Waals surface area contributed by atoms with Gasteiger partial charge in [0.25, 0.3) is 0 Å². The van der Waals surface area contributed by atoms with Crippen molar-refractivity contribution >= 4 is 5.97 Å². The highest BCUT2D eigenvalue weighted by Crippen LogP contribution is 2.27. The molecule has 1 unspecified atom stereocenters. The van der Waals surface area contributed by atoms with Gasteiger partial charge in [0.15, 0.2) is 0 Å². The zero-order valence-corrected chi connectivity index (χ0v) is 14.6. The van der Waals surface area contributed by atoms with Crippen LogP contribution in [0.2, 0.25) is 0 Å². The van der Waals surface area contributed by atoms with E-state index in [1.54, 1.807) is 18.6 Å². The molecule has 24 heavy (non-hydrogen) atoms. The molecule has 2 N–H and O–H groups in total. The number of hydrogen-bond donors (Lipinski definition) is 2. The molecule has 2 rings (SSSR count). The van der Waals surface area contributed by atoms with Crippen LogP contribution >= 0.6 is 0 Å². The molecule has 1 heterocycles. The third-order valence-electron chi connectivity index (χ3n) is 4.11. The Morgan fingerprint density at radius 2 is 2.08 bits per heavy atom. The Bertz CT molecular complexity index is 672. The Hall–Kier alpha value is -2.14. The maximum Gasteiger partial charge on any atom is 0.335 e. The van der Waals surface area contributed by atoms with Gasteiger partial charge in [-0.1, -0.05) is 32.9 Å². The topological polar surface area (TPSA) is 75.3 Å². The number of carboxylic acids is 1. The highest BCUT2D eigenvalue weighted by Gasteiger charge is 2.21. The number of aliphatic hydroxyl groups excluding tert-OH is 1. The molecule has 5 nitrogen and oxygen atoms in total. The number of carboxylic acid groups (broad SMARTS) is 1. The molecule has 1 aromatic carbocycles. The molecule has 0 saturated carbocycles. The van der Waals surface area contributed by atoms with E-state index in [9.17, 15) is 15.0 Å². The fourth-order valence-electron chi connectivity index (χ4n) is 2.83. The summed E-state index contributed by atoms with van der Waals surface area (Å²) in [5.41, 5.74) is 2.11. The third kappa shape index (κ3) is 4.93. The van der Waals surface area contributed by atoms with E-state index in [1.807, 2.05) is 43.7 Å². The van der Waals surface area contributed by atoms with E-state index in [4.69, 9.17) is 0 Å². The molecule has 0 fully saturated rings. The van der Waals surface area contributed by atoms with E-state index >= 15 is 0 Å². The average Bonchev–Trinajstić information content (AvgIpc) is 2.99. The molecule has 2 aromatic rings. The van der Waals surface area contributed by atoms with Gasteiger partial charge >= 0.3 is 5.97 Å². The summed E-state index contributed by atoms with van der Waals surface area (Å²) in [6.07, 6.45) is 7.21. The van der Waals surface area contributed by atoms with E-state index in [1.165, 1.54) is 0 Å². The van der Waals surface area contributed by atoms with Crippen molar-refractivity contribution in [1.29, 1.82) is 0 Å². The standard InChI is InChI=1S/C19H26N2O3/c1-19(2,3)17-11-14(7-8-16(17)18(23)24)5-4-6-15(22)12-21-10-9-20-13-21/h7-11,13,15,22H,4-6,12H2,1-3H3,(H,23,24). The first-order valence-electron chi connectivity index (χ1n) is 8.28. The molecule has 130 valence electrons. The maximum absolute atomic E-state index is 11.4. The number of aromatic carboxylic acids is 1. The molecule has 1 atom stereocenters. The van der Waals surface area contributed by atoms with Gasteiger partial charge in [-0.25, -0.2) is 9.78 Å². The van der Waals surface area contributed by atoms with Crippen LogP contribution in [-0.2, 0) is 18.4 Å². The van der Waals surface area contributed by atoms with Crippen molar-refractivity contribution in [2.75, 3.05) is 0 Å². The van der Waals surface area contributed by atoms with E-state index in [2.05, 4.69) is 4.98 Å². The quantitative estimate of drug-likeness (QED) is 0.817. The number of nitrogens with zero attached hydrogens (tertiary/aromatic N) is 2. The average molecular weight is 330 g/mol. The lowest BCUT2D eigenvalue weighted by Gasteiger charge is -2.22.